The van der Waals surface area contributed by atoms with Gasteiger partial charge in [0.2, 0.25) is 10.0 Å². The number of benzene rings is 1. The Morgan fingerprint density at radius 3 is 2.72 bits per heavy atom. The number of carbonyl (C=O) groups excluding carboxylic acids is 1. The maximum Gasteiger partial charge on any atom is 0.251 e. The van der Waals surface area contributed by atoms with Crippen LogP contribution in [0, 0.1) is 0 Å². The summed E-state index contributed by atoms with van der Waals surface area (Å²) in [6.07, 6.45) is 2.23. The summed E-state index contributed by atoms with van der Waals surface area (Å²) in [5, 5.41) is 2.75. The fourth-order valence-corrected chi connectivity index (χ4v) is 3.00. The fourth-order valence-electron chi connectivity index (χ4n) is 2.05. The molecule has 136 valence electrons. The number of carbonyl (C=O) groups is 1. The van der Waals surface area contributed by atoms with Gasteiger partial charge in [-0.05, 0) is 36.8 Å². The van der Waals surface area contributed by atoms with E-state index in [4.69, 9.17) is 9.15 Å². The Hall–Kier alpha value is -2.16. The lowest BCUT2D eigenvalue weighted by Crippen LogP contribution is -2.26. The third-order valence-corrected chi connectivity index (χ3v) is 5.26. The van der Waals surface area contributed by atoms with Gasteiger partial charge in [0.15, 0.2) is 0 Å². The quantitative estimate of drug-likeness (QED) is 0.685. The van der Waals surface area contributed by atoms with Gasteiger partial charge in [-0.25, -0.2) is 12.7 Å². The van der Waals surface area contributed by atoms with Crippen LogP contribution in [0.3, 0.4) is 0 Å². The molecule has 1 N–H and O–H groups in total. The lowest BCUT2D eigenvalue weighted by atomic mass is 10.2. The Morgan fingerprint density at radius 2 is 2.04 bits per heavy atom. The summed E-state index contributed by atoms with van der Waals surface area (Å²) < 4.78 is 35.9. The molecule has 0 saturated carbocycles. The molecule has 0 radical (unpaired) electrons. The Balaban J connectivity index is 1.79. The Bertz CT molecular complexity index is 785. The molecular weight excluding hydrogens is 344 g/mol. The number of hydrogen-bond acceptors (Lipinski definition) is 5. The van der Waals surface area contributed by atoms with Crippen LogP contribution >= 0.6 is 0 Å². The van der Waals surface area contributed by atoms with Gasteiger partial charge in [0.25, 0.3) is 5.91 Å². The highest BCUT2D eigenvalue weighted by Crippen LogP contribution is 2.14. The SMILES string of the molecule is CN(C)S(=O)(=O)c1cccc(C(=O)NCCCOCc2ccco2)c1. The fraction of sp³-hybridized carbons (Fsp3) is 0.353. The van der Waals surface area contributed by atoms with Crippen LogP contribution in [0.25, 0.3) is 0 Å². The summed E-state index contributed by atoms with van der Waals surface area (Å²) in [6.45, 7) is 1.31. The zero-order valence-electron chi connectivity index (χ0n) is 14.3. The molecule has 0 atom stereocenters. The molecule has 1 amide bonds. The number of furan rings is 1. The molecule has 1 aromatic carbocycles. The molecule has 0 saturated heterocycles. The van der Waals surface area contributed by atoms with Crippen molar-refractivity contribution < 1.29 is 22.4 Å². The number of nitrogens with zero attached hydrogens (tertiary/aromatic N) is 1. The Labute approximate surface area is 147 Å². The zero-order valence-corrected chi connectivity index (χ0v) is 15.1. The van der Waals surface area contributed by atoms with E-state index in [9.17, 15) is 13.2 Å². The summed E-state index contributed by atoms with van der Waals surface area (Å²) >= 11 is 0. The second kappa shape index (κ2) is 8.80. The molecular formula is C17H22N2O5S. The van der Waals surface area contributed by atoms with Crippen LogP contribution in [0.5, 0.6) is 0 Å². The average molecular weight is 366 g/mol. The maximum absolute atomic E-state index is 12.1. The van der Waals surface area contributed by atoms with Crippen molar-refractivity contribution in [1.29, 1.82) is 0 Å². The van der Waals surface area contributed by atoms with Gasteiger partial charge in [-0.2, -0.15) is 0 Å². The molecule has 7 nitrogen and oxygen atoms in total. The second-order valence-electron chi connectivity index (χ2n) is 5.56. The lowest BCUT2D eigenvalue weighted by molar-refractivity contribution is 0.0917. The molecule has 0 aliphatic carbocycles. The van der Waals surface area contributed by atoms with E-state index in [1.807, 2.05) is 6.07 Å². The van der Waals surface area contributed by atoms with E-state index in [1.54, 1.807) is 24.5 Å². The predicted molar refractivity (Wildman–Crippen MR) is 92.6 cm³/mol. The average Bonchev–Trinajstić information content (AvgIpc) is 3.11. The molecule has 8 heteroatoms. The summed E-state index contributed by atoms with van der Waals surface area (Å²) in [5.41, 5.74) is 0.305. The van der Waals surface area contributed by atoms with Gasteiger partial charge < -0.3 is 14.5 Å². The van der Waals surface area contributed by atoms with E-state index in [0.29, 0.717) is 31.7 Å². The number of nitrogens with one attached hydrogen (secondary N) is 1. The van der Waals surface area contributed by atoms with Crippen LogP contribution in [0.1, 0.15) is 22.5 Å². The van der Waals surface area contributed by atoms with Gasteiger partial charge in [0, 0.05) is 32.8 Å². The van der Waals surface area contributed by atoms with Crippen molar-refractivity contribution in [3.05, 3.63) is 54.0 Å². The number of rotatable bonds is 9. The van der Waals surface area contributed by atoms with E-state index >= 15 is 0 Å². The van der Waals surface area contributed by atoms with Crippen molar-refractivity contribution in [1.82, 2.24) is 9.62 Å². The first kappa shape index (κ1) is 19.2. The lowest BCUT2D eigenvalue weighted by Gasteiger charge is -2.12. The molecule has 0 fully saturated rings. The normalized spacial score (nSPS) is 11.6. The van der Waals surface area contributed by atoms with Gasteiger partial charge in [0.1, 0.15) is 12.4 Å². The third kappa shape index (κ3) is 5.42. The molecule has 0 unspecified atom stereocenters. The summed E-state index contributed by atoms with van der Waals surface area (Å²) in [4.78, 5) is 12.2. The van der Waals surface area contributed by atoms with Gasteiger partial charge in [-0.3, -0.25) is 4.79 Å². The highest BCUT2D eigenvalue weighted by atomic mass is 32.2. The van der Waals surface area contributed by atoms with Gasteiger partial charge in [-0.15, -0.1) is 0 Å². The van der Waals surface area contributed by atoms with Crippen molar-refractivity contribution in [3.8, 4) is 0 Å². The molecule has 0 aliphatic heterocycles. The molecule has 0 bridgehead atoms. The van der Waals surface area contributed by atoms with Crippen LogP contribution in [0.2, 0.25) is 0 Å². The van der Waals surface area contributed by atoms with Crippen molar-refractivity contribution in [3.63, 3.8) is 0 Å². The minimum atomic E-state index is -3.56. The molecule has 2 aromatic rings. The highest BCUT2D eigenvalue weighted by Gasteiger charge is 2.18. The van der Waals surface area contributed by atoms with Crippen LogP contribution in [0.15, 0.2) is 52.0 Å². The van der Waals surface area contributed by atoms with E-state index in [1.165, 1.54) is 26.2 Å². The van der Waals surface area contributed by atoms with Crippen molar-refractivity contribution in [2.45, 2.75) is 17.9 Å². The van der Waals surface area contributed by atoms with Crippen LogP contribution in [-0.2, 0) is 21.4 Å². The molecule has 1 heterocycles. The number of ether oxygens (including phenoxy) is 1. The zero-order chi connectivity index (χ0) is 18.3. The molecule has 25 heavy (non-hydrogen) atoms. The van der Waals surface area contributed by atoms with Crippen molar-refractivity contribution in [2.24, 2.45) is 0 Å². The van der Waals surface area contributed by atoms with Crippen LogP contribution in [-0.4, -0.2) is 45.9 Å². The number of amides is 1. The van der Waals surface area contributed by atoms with E-state index < -0.39 is 10.0 Å². The van der Waals surface area contributed by atoms with Gasteiger partial charge in [-0.1, -0.05) is 6.07 Å². The maximum atomic E-state index is 12.1. The minimum absolute atomic E-state index is 0.0898. The minimum Gasteiger partial charge on any atom is -0.467 e. The summed E-state index contributed by atoms with van der Waals surface area (Å²) in [5.74, 6) is 0.435. The smallest absolute Gasteiger partial charge is 0.251 e. The monoisotopic (exact) mass is 366 g/mol. The molecule has 2 rings (SSSR count). The first-order valence-electron chi connectivity index (χ1n) is 7.82. The largest absolute Gasteiger partial charge is 0.467 e. The molecule has 0 aliphatic rings. The van der Waals surface area contributed by atoms with Crippen molar-refractivity contribution in [2.75, 3.05) is 27.2 Å². The first-order valence-corrected chi connectivity index (χ1v) is 9.26. The van der Waals surface area contributed by atoms with E-state index in [0.717, 1.165) is 10.1 Å². The molecule has 0 spiro atoms. The van der Waals surface area contributed by atoms with Gasteiger partial charge in [0.05, 0.1) is 11.2 Å². The first-order chi connectivity index (χ1) is 11.9. The predicted octanol–water partition coefficient (Wildman–Crippen LogP) is 1.87. The number of hydrogen-bond donors (Lipinski definition) is 1. The standard InChI is InChI=1S/C17H22N2O5S/c1-19(2)25(21,22)16-8-3-6-14(12-16)17(20)18-9-5-10-23-13-15-7-4-11-24-15/h3-4,6-8,11-12H,5,9-10,13H2,1-2H3,(H,18,20). The van der Waals surface area contributed by atoms with Crippen LogP contribution in [0.4, 0.5) is 0 Å². The van der Waals surface area contributed by atoms with Crippen molar-refractivity contribution >= 4 is 15.9 Å². The second-order valence-corrected chi connectivity index (χ2v) is 7.71. The summed E-state index contributed by atoms with van der Waals surface area (Å²) in [7, 11) is -0.664. The number of sulfonamides is 1. The van der Waals surface area contributed by atoms with Crippen LogP contribution < -0.4 is 5.32 Å². The molecule has 1 aromatic heterocycles. The van der Waals surface area contributed by atoms with E-state index in [2.05, 4.69) is 5.32 Å². The Kier molecular flexibility index (Phi) is 6.74. The third-order valence-electron chi connectivity index (χ3n) is 3.45. The highest BCUT2D eigenvalue weighted by molar-refractivity contribution is 7.89. The summed E-state index contributed by atoms with van der Waals surface area (Å²) in [6, 6.07) is 9.60. The van der Waals surface area contributed by atoms with Gasteiger partial charge >= 0.3 is 0 Å². The topological polar surface area (TPSA) is 88.9 Å². The van der Waals surface area contributed by atoms with E-state index in [-0.39, 0.29) is 10.8 Å². The Morgan fingerprint density at radius 1 is 1.24 bits per heavy atom.